The first-order valence-corrected chi connectivity index (χ1v) is 3.44. The Balaban J connectivity index is 2.11. The van der Waals surface area contributed by atoms with Crippen molar-refractivity contribution in [2.75, 3.05) is 13.1 Å². The van der Waals surface area contributed by atoms with E-state index in [1.165, 1.54) is 0 Å². The predicted octanol–water partition coefficient (Wildman–Crippen LogP) is -0.952. The second kappa shape index (κ2) is 3.20. The van der Waals surface area contributed by atoms with Crippen LogP contribution in [0.3, 0.4) is 0 Å². The number of nitrogens with one attached hydrogen (secondary N) is 2. The van der Waals surface area contributed by atoms with Gasteiger partial charge in [0.25, 0.3) is 0 Å². The molecule has 0 aromatic rings. The highest BCUT2D eigenvalue weighted by molar-refractivity contribution is 6.45. The third-order valence-electron chi connectivity index (χ3n) is 1.54. The summed E-state index contributed by atoms with van der Waals surface area (Å²) in [5.41, 5.74) is 0. The lowest BCUT2D eigenvalue weighted by Gasteiger charge is -2.09. The first-order chi connectivity index (χ1) is 4.29. The quantitative estimate of drug-likeness (QED) is 0.420. The molecule has 0 radical (unpaired) electrons. The van der Waals surface area contributed by atoms with Gasteiger partial charge in [-0.15, -0.1) is 0 Å². The summed E-state index contributed by atoms with van der Waals surface area (Å²) in [6.45, 7) is 3.81. The Labute approximate surface area is 56.0 Å². The van der Waals surface area contributed by atoms with Gasteiger partial charge < -0.3 is 15.6 Å². The van der Waals surface area contributed by atoms with E-state index in [1.807, 2.05) is 0 Å². The van der Waals surface area contributed by atoms with Crippen molar-refractivity contribution in [3.8, 4) is 0 Å². The van der Waals surface area contributed by atoms with Crippen molar-refractivity contribution in [2.45, 2.75) is 19.3 Å². The van der Waals surface area contributed by atoms with Crippen LogP contribution in [0.2, 0.25) is 6.82 Å². The summed E-state index contributed by atoms with van der Waals surface area (Å²) in [4.78, 5) is 0. The van der Waals surface area contributed by atoms with Crippen molar-refractivity contribution in [3.63, 3.8) is 0 Å². The molecule has 1 atom stereocenters. The Bertz CT molecular complexity index is 83.0. The van der Waals surface area contributed by atoms with Crippen LogP contribution in [0, 0.1) is 0 Å². The van der Waals surface area contributed by atoms with Crippen molar-refractivity contribution >= 4 is 7.05 Å². The normalized spacial score (nSPS) is 26.7. The van der Waals surface area contributed by atoms with Gasteiger partial charge in [0.2, 0.25) is 0 Å². The molecule has 0 amide bonds. The molecule has 0 aromatic carbocycles. The molecule has 9 heavy (non-hydrogen) atoms. The molecular weight excluding hydrogens is 115 g/mol. The molecule has 1 unspecified atom stereocenters. The molecule has 3 nitrogen and oxygen atoms in total. The van der Waals surface area contributed by atoms with Gasteiger partial charge in [-0.25, -0.2) is 0 Å². The van der Waals surface area contributed by atoms with Crippen LogP contribution in [0.15, 0.2) is 0 Å². The summed E-state index contributed by atoms with van der Waals surface area (Å²) in [5.74, 6) is 0. The van der Waals surface area contributed by atoms with E-state index in [4.69, 9.17) is 5.02 Å². The van der Waals surface area contributed by atoms with Crippen LogP contribution in [0.25, 0.3) is 0 Å². The van der Waals surface area contributed by atoms with Crippen molar-refractivity contribution in [1.82, 2.24) is 10.5 Å². The zero-order valence-electron chi connectivity index (χ0n) is 5.72. The first-order valence-electron chi connectivity index (χ1n) is 3.44. The molecule has 0 bridgehead atoms. The molecule has 0 spiro atoms. The third-order valence-corrected chi connectivity index (χ3v) is 1.54. The van der Waals surface area contributed by atoms with Gasteiger partial charge in [0.15, 0.2) is 0 Å². The summed E-state index contributed by atoms with van der Waals surface area (Å²) in [7, 11) is -0.366. The average Bonchev–Trinajstić information content (AvgIpc) is 2.15. The summed E-state index contributed by atoms with van der Waals surface area (Å²) < 4.78 is 0. The van der Waals surface area contributed by atoms with Crippen LogP contribution in [-0.4, -0.2) is 31.2 Å². The molecule has 1 saturated heterocycles. The van der Waals surface area contributed by atoms with Gasteiger partial charge in [-0.2, -0.15) is 0 Å². The standard InChI is InChI=1S/C5H13BN2O/c1-6(9)8-5-2-3-7-4-5/h5,7-9H,2-4H2,1H3. The largest absolute Gasteiger partial charge is 0.437 e. The Morgan fingerprint density at radius 3 is 3.00 bits per heavy atom. The van der Waals surface area contributed by atoms with E-state index in [2.05, 4.69) is 10.5 Å². The molecule has 0 aromatic heterocycles. The zero-order chi connectivity index (χ0) is 6.69. The highest BCUT2D eigenvalue weighted by atomic mass is 16.2. The van der Waals surface area contributed by atoms with Gasteiger partial charge in [-0.3, -0.25) is 0 Å². The Morgan fingerprint density at radius 1 is 1.78 bits per heavy atom. The molecule has 1 aliphatic heterocycles. The lowest BCUT2D eigenvalue weighted by Crippen LogP contribution is -2.40. The van der Waals surface area contributed by atoms with Crippen LogP contribution in [0.1, 0.15) is 6.42 Å². The van der Waals surface area contributed by atoms with Crippen molar-refractivity contribution in [2.24, 2.45) is 0 Å². The lowest BCUT2D eigenvalue weighted by molar-refractivity contribution is 0.526. The Morgan fingerprint density at radius 2 is 2.56 bits per heavy atom. The number of rotatable bonds is 2. The predicted molar refractivity (Wildman–Crippen MR) is 38.2 cm³/mol. The van der Waals surface area contributed by atoms with Gasteiger partial charge >= 0.3 is 7.05 Å². The van der Waals surface area contributed by atoms with Crippen molar-refractivity contribution in [1.29, 1.82) is 0 Å². The van der Waals surface area contributed by atoms with E-state index in [-0.39, 0.29) is 7.05 Å². The minimum absolute atomic E-state index is 0.366. The molecule has 52 valence electrons. The molecular formula is C5H13BN2O. The fourth-order valence-electron chi connectivity index (χ4n) is 1.14. The smallest absolute Gasteiger partial charge is 0.373 e. The van der Waals surface area contributed by atoms with Gasteiger partial charge in [0, 0.05) is 12.6 Å². The minimum Gasteiger partial charge on any atom is -0.437 e. The van der Waals surface area contributed by atoms with E-state index < -0.39 is 0 Å². The second-order valence-electron chi connectivity index (χ2n) is 2.53. The Kier molecular flexibility index (Phi) is 2.51. The van der Waals surface area contributed by atoms with Crippen LogP contribution < -0.4 is 10.5 Å². The summed E-state index contributed by atoms with van der Waals surface area (Å²) >= 11 is 0. The van der Waals surface area contributed by atoms with Crippen LogP contribution in [0.5, 0.6) is 0 Å². The molecule has 0 aliphatic carbocycles. The molecule has 1 heterocycles. The lowest BCUT2D eigenvalue weighted by atomic mass is 9.87. The average molecular weight is 128 g/mol. The highest BCUT2D eigenvalue weighted by Crippen LogP contribution is 1.95. The monoisotopic (exact) mass is 128 g/mol. The molecule has 3 N–H and O–H groups in total. The fourth-order valence-corrected chi connectivity index (χ4v) is 1.14. The maximum atomic E-state index is 8.87. The Hall–Kier alpha value is -0.0551. The topological polar surface area (TPSA) is 44.3 Å². The van der Waals surface area contributed by atoms with Gasteiger partial charge in [0.05, 0.1) is 0 Å². The highest BCUT2D eigenvalue weighted by Gasteiger charge is 2.16. The first kappa shape index (κ1) is 7.06. The van der Waals surface area contributed by atoms with E-state index in [0.29, 0.717) is 6.04 Å². The van der Waals surface area contributed by atoms with Crippen LogP contribution >= 0.6 is 0 Å². The van der Waals surface area contributed by atoms with Crippen LogP contribution in [-0.2, 0) is 0 Å². The van der Waals surface area contributed by atoms with Gasteiger partial charge in [-0.1, -0.05) is 0 Å². The molecule has 1 aliphatic rings. The zero-order valence-corrected chi connectivity index (χ0v) is 5.72. The molecule has 1 rings (SSSR count). The van der Waals surface area contributed by atoms with E-state index >= 15 is 0 Å². The minimum atomic E-state index is -0.366. The third kappa shape index (κ3) is 2.34. The molecule has 4 heteroatoms. The SMILES string of the molecule is CB(O)NC1CCNC1. The van der Waals surface area contributed by atoms with E-state index in [0.717, 1.165) is 19.5 Å². The summed E-state index contributed by atoms with van der Waals surface area (Å²) in [5, 5.41) is 15.1. The van der Waals surface area contributed by atoms with Crippen LogP contribution in [0.4, 0.5) is 0 Å². The summed E-state index contributed by atoms with van der Waals surface area (Å²) in [6, 6.07) is 0.477. The van der Waals surface area contributed by atoms with Crippen molar-refractivity contribution in [3.05, 3.63) is 0 Å². The maximum absolute atomic E-state index is 8.87. The molecule has 1 fully saturated rings. The number of hydrogen-bond acceptors (Lipinski definition) is 3. The molecule has 0 saturated carbocycles. The number of hydrogen-bond donors (Lipinski definition) is 3. The summed E-state index contributed by atoms with van der Waals surface area (Å²) in [6.07, 6.45) is 1.13. The van der Waals surface area contributed by atoms with Gasteiger partial charge in [0.1, 0.15) is 0 Å². The van der Waals surface area contributed by atoms with E-state index in [1.54, 1.807) is 6.82 Å². The second-order valence-corrected chi connectivity index (χ2v) is 2.53. The fraction of sp³-hybridized carbons (Fsp3) is 1.00. The van der Waals surface area contributed by atoms with Crippen molar-refractivity contribution < 1.29 is 5.02 Å². The maximum Gasteiger partial charge on any atom is 0.373 e. The van der Waals surface area contributed by atoms with E-state index in [9.17, 15) is 0 Å². The van der Waals surface area contributed by atoms with Gasteiger partial charge in [-0.05, 0) is 19.8 Å².